The quantitative estimate of drug-likeness (QED) is 0.601. The van der Waals surface area contributed by atoms with Crippen LogP contribution >= 0.6 is 0 Å². The number of rotatable bonds is 4. The predicted octanol–water partition coefficient (Wildman–Crippen LogP) is 3.35. The van der Waals surface area contributed by atoms with Crippen LogP contribution in [0.15, 0.2) is 39.5 Å². The average Bonchev–Trinajstić information content (AvgIpc) is 3.59. The van der Waals surface area contributed by atoms with Gasteiger partial charge >= 0.3 is 0 Å². The van der Waals surface area contributed by atoms with Gasteiger partial charge in [0.1, 0.15) is 17.6 Å². The van der Waals surface area contributed by atoms with Crippen molar-refractivity contribution in [3.05, 3.63) is 53.6 Å². The van der Waals surface area contributed by atoms with Gasteiger partial charge in [-0.3, -0.25) is 14.6 Å². The van der Waals surface area contributed by atoms with E-state index < -0.39 is 6.04 Å². The second-order valence-electron chi connectivity index (χ2n) is 8.80. The number of aromatic nitrogens is 3. The number of nitrogens with zero attached hydrogens (tertiary/aromatic N) is 5. The molecule has 9 nitrogen and oxygen atoms in total. The second kappa shape index (κ2) is 8.80. The number of hydrogen-bond donors (Lipinski definition) is 0. The third-order valence-electron chi connectivity index (χ3n) is 6.51. The minimum absolute atomic E-state index is 0.00424. The molecule has 9 heteroatoms. The molecule has 0 unspecified atom stereocenters. The third-order valence-corrected chi connectivity index (χ3v) is 6.51. The van der Waals surface area contributed by atoms with Crippen LogP contribution in [0, 0.1) is 13.8 Å². The first-order chi connectivity index (χ1) is 16.0. The first-order valence-electron chi connectivity index (χ1n) is 11.4. The summed E-state index contributed by atoms with van der Waals surface area (Å²) >= 11 is 0. The summed E-state index contributed by atoms with van der Waals surface area (Å²) in [4.78, 5) is 38.8. The number of likely N-dealkylation sites (tertiary alicyclic amines) is 2. The highest BCUT2D eigenvalue weighted by atomic mass is 16.5. The molecule has 0 saturated carbocycles. The Labute approximate surface area is 191 Å². The Morgan fingerprint density at radius 1 is 1.15 bits per heavy atom. The highest BCUT2D eigenvalue weighted by molar-refractivity contribution is 5.98. The van der Waals surface area contributed by atoms with Crippen molar-refractivity contribution in [1.82, 2.24) is 24.9 Å². The van der Waals surface area contributed by atoms with Crippen molar-refractivity contribution in [2.45, 2.75) is 51.5 Å². The maximum Gasteiger partial charge on any atom is 0.258 e. The number of piperidine rings is 1. The molecule has 2 aliphatic heterocycles. The summed E-state index contributed by atoms with van der Waals surface area (Å²) in [6.07, 6.45) is 6.60. The molecule has 0 aromatic carbocycles. The first-order valence-corrected chi connectivity index (χ1v) is 11.4. The van der Waals surface area contributed by atoms with Crippen LogP contribution in [0.4, 0.5) is 0 Å². The standard InChI is InChI=1S/C24H27N5O4/c1-15-12-19(16(2)32-15)23(30)29-11-5-8-20(29)24(31)28-10-4-7-18(14-28)22-26-21(27-33-22)17-6-3-9-25-13-17/h3,6,9,12-13,18,20H,4-5,7-8,10-11,14H2,1-2H3/t18-,20-/m1/s1. The summed E-state index contributed by atoms with van der Waals surface area (Å²) in [5.41, 5.74) is 1.33. The van der Waals surface area contributed by atoms with E-state index in [0.717, 1.165) is 24.8 Å². The Bertz CT molecular complexity index is 1150. The van der Waals surface area contributed by atoms with E-state index in [4.69, 9.17) is 8.94 Å². The molecular weight excluding hydrogens is 422 g/mol. The number of hydrogen-bond acceptors (Lipinski definition) is 7. The molecule has 5 rings (SSSR count). The van der Waals surface area contributed by atoms with Crippen LogP contribution in [0.3, 0.4) is 0 Å². The SMILES string of the molecule is Cc1cc(C(=O)N2CCC[C@@H]2C(=O)N2CCC[C@@H](c3nc(-c4cccnc4)no3)C2)c(C)o1. The van der Waals surface area contributed by atoms with Crippen molar-refractivity contribution in [3.8, 4) is 11.4 Å². The first kappa shape index (κ1) is 21.4. The molecule has 0 spiro atoms. The van der Waals surface area contributed by atoms with Gasteiger partial charge in [0.15, 0.2) is 0 Å². The van der Waals surface area contributed by atoms with Gasteiger partial charge in [-0.15, -0.1) is 0 Å². The van der Waals surface area contributed by atoms with Crippen LogP contribution in [0.25, 0.3) is 11.4 Å². The number of pyridine rings is 1. The van der Waals surface area contributed by atoms with Crippen LogP contribution in [0.2, 0.25) is 0 Å². The van der Waals surface area contributed by atoms with Crippen molar-refractivity contribution in [3.63, 3.8) is 0 Å². The van der Waals surface area contributed by atoms with Crippen molar-refractivity contribution in [2.75, 3.05) is 19.6 Å². The van der Waals surface area contributed by atoms with Crippen LogP contribution in [0.5, 0.6) is 0 Å². The summed E-state index contributed by atoms with van der Waals surface area (Å²) < 4.78 is 11.1. The molecule has 0 N–H and O–H groups in total. The van der Waals surface area contributed by atoms with E-state index in [1.165, 1.54) is 0 Å². The van der Waals surface area contributed by atoms with E-state index in [1.807, 2.05) is 24.0 Å². The molecule has 3 aromatic rings. The van der Waals surface area contributed by atoms with Gasteiger partial charge in [0.25, 0.3) is 5.91 Å². The molecule has 2 atom stereocenters. The topological polar surface area (TPSA) is 106 Å². The monoisotopic (exact) mass is 449 g/mol. The molecule has 5 heterocycles. The van der Waals surface area contributed by atoms with Gasteiger partial charge in [0.2, 0.25) is 17.6 Å². The number of aryl methyl sites for hydroxylation is 2. The fourth-order valence-electron chi connectivity index (χ4n) is 4.87. The zero-order valence-corrected chi connectivity index (χ0v) is 18.9. The van der Waals surface area contributed by atoms with Gasteiger partial charge in [0.05, 0.1) is 11.5 Å². The lowest BCUT2D eigenvalue weighted by atomic mass is 9.97. The molecule has 2 saturated heterocycles. The highest BCUT2D eigenvalue weighted by Crippen LogP contribution is 2.30. The summed E-state index contributed by atoms with van der Waals surface area (Å²) in [5, 5.41) is 4.10. The van der Waals surface area contributed by atoms with Gasteiger partial charge in [-0.25, -0.2) is 0 Å². The second-order valence-corrected chi connectivity index (χ2v) is 8.80. The van der Waals surface area contributed by atoms with Crippen molar-refractivity contribution < 1.29 is 18.5 Å². The van der Waals surface area contributed by atoms with Gasteiger partial charge in [-0.2, -0.15) is 4.98 Å². The Balaban J connectivity index is 1.29. The Morgan fingerprint density at radius 2 is 2.00 bits per heavy atom. The zero-order chi connectivity index (χ0) is 22.9. The third kappa shape index (κ3) is 4.15. The molecule has 2 fully saturated rings. The Kier molecular flexibility index (Phi) is 5.70. The molecule has 0 radical (unpaired) electrons. The lowest BCUT2D eigenvalue weighted by molar-refractivity contribution is -0.136. The molecule has 0 aliphatic carbocycles. The number of amides is 2. The Hall–Kier alpha value is -3.49. The number of carbonyl (C=O) groups excluding carboxylic acids is 2. The lowest BCUT2D eigenvalue weighted by Crippen LogP contribution is -2.50. The summed E-state index contributed by atoms with van der Waals surface area (Å²) in [7, 11) is 0. The molecule has 33 heavy (non-hydrogen) atoms. The molecule has 172 valence electrons. The number of furan rings is 1. The maximum atomic E-state index is 13.5. The van der Waals surface area contributed by atoms with Crippen molar-refractivity contribution >= 4 is 11.8 Å². The minimum Gasteiger partial charge on any atom is -0.466 e. The maximum absolute atomic E-state index is 13.5. The minimum atomic E-state index is -0.445. The summed E-state index contributed by atoms with van der Waals surface area (Å²) in [6, 6.07) is 5.02. The van der Waals surface area contributed by atoms with Crippen molar-refractivity contribution in [2.24, 2.45) is 0 Å². The van der Waals surface area contributed by atoms with Crippen molar-refractivity contribution in [1.29, 1.82) is 0 Å². The van der Waals surface area contributed by atoms with E-state index in [1.54, 1.807) is 30.3 Å². The van der Waals surface area contributed by atoms with Gasteiger partial charge in [-0.1, -0.05) is 5.16 Å². The van der Waals surface area contributed by atoms with Crippen LogP contribution in [-0.2, 0) is 4.79 Å². The highest BCUT2D eigenvalue weighted by Gasteiger charge is 2.39. The zero-order valence-electron chi connectivity index (χ0n) is 18.9. The summed E-state index contributed by atoms with van der Waals surface area (Å²) in [5.74, 6) is 2.17. The van der Waals surface area contributed by atoms with Gasteiger partial charge in [-0.05, 0) is 57.7 Å². The van der Waals surface area contributed by atoms with E-state index >= 15 is 0 Å². The fraction of sp³-hybridized carbons (Fsp3) is 0.458. The lowest BCUT2D eigenvalue weighted by Gasteiger charge is -2.35. The van der Waals surface area contributed by atoms with Crippen LogP contribution in [-0.4, -0.2) is 62.4 Å². The van der Waals surface area contributed by atoms with E-state index in [2.05, 4.69) is 15.1 Å². The average molecular weight is 450 g/mol. The van der Waals surface area contributed by atoms with E-state index in [9.17, 15) is 9.59 Å². The summed E-state index contributed by atoms with van der Waals surface area (Å²) in [6.45, 7) is 5.36. The van der Waals surface area contributed by atoms with E-state index in [-0.39, 0.29) is 17.7 Å². The van der Waals surface area contributed by atoms with Crippen LogP contribution in [0.1, 0.15) is 59.4 Å². The molecule has 0 bridgehead atoms. The van der Waals surface area contributed by atoms with Gasteiger partial charge in [0, 0.05) is 37.6 Å². The largest absolute Gasteiger partial charge is 0.466 e. The van der Waals surface area contributed by atoms with Crippen LogP contribution < -0.4 is 0 Å². The normalized spacial score (nSPS) is 20.9. The smallest absolute Gasteiger partial charge is 0.258 e. The van der Waals surface area contributed by atoms with Gasteiger partial charge < -0.3 is 18.7 Å². The molecule has 3 aromatic heterocycles. The van der Waals surface area contributed by atoms with E-state index in [0.29, 0.717) is 54.9 Å². The predicted molar refractivity (Wildman–Crippen MR) is 118 cm³/mol. The molecular formula is C24H27N5O4. The molecule has 2 amide bonds. The fourth-order valence-corrected chi connectivity index (χ4v) is 4.87. The molecule has 2 aliphatic rings. The number of carbonyl (C=O) groups is 2. The Morgan fingerprint density at radius 3 is 2.76 bits per heavy atom.